The van der Waals surface area contributed by atoms with E-state index in [9.17, 15) is 0 Å². The number of hydrogen-bond acceptors (Lipinski definition) is 3. The monoisotopic (exact) mass is 231 g/mol. The standard InChI is InChI=1S/C13H13NO.CH4O/c1-9-6-7-10(8-9)13-14-11-4-2-3-5-12(11)15-13;1-2/h2-7,13-14H,8H2,1H3;2H,1H3. The van der Waals surface area contributed by atoms with Crippen LogP contribution < -0.4 is 10.1 Å². The molecule has 1 heterocycles. The number of para-hydroxylation sites is 2. The van der Waals surface area contributed by atoms with Crippen LogP contribution in [-0.4, -0.2) is 18.4 Å². The van der Waals surface area contributed by atoms with E-state index in [2.05, 4.69) is 24.4 Å². The van der Waals surface area contributed by atoms with Crippen LogP contribution in [0.15, 0.2) is 47.6 Å². The second-order valence-electron chi connectivity index (χ2n) is 4.07. The number of anilines is 1. The minimum absolute atomic E-state index is 0.0242. The average molecular weight is 231 g/mol. The van der Waals surface area contributed by atoms with E-state index in [-0.39, 0.29) is 6.23 Å². The minimum atomic E-state index is 0.0242. The molecule has 3 heteroatoms. The molecule has 0 saturated carbocycles. The van der Waals surface area contributed by atoms with Gasteiger partial charge in [0.2, 0.25) is 0 Å². The normalized spacial score (nSPS) is 20.3. The van der Waals surface area contributed by atoms with Crippen LogP contribution in [0.25, 0.3) is 0 Å². The molecule has 90 valence electrons. The Labute approximate surface area is 101 Å². The van der Waals surface area contributed by atoms with Crippen LogP contribution in [0.3, 0.4) is 0 Å². The lowest BCUT2D eigenvalue weighted by atomic mass is 10.1. The Kier molecular flexibility index (Phi) is 3.49. The number of aliphatic hydroxyl groups excluding tert-OH is 1. The van der Waals surface area contributed by atoms with Crippen molar-refractivity contribution >= 4 is 5.69 Å². The summed E-state index contributed by atoms with van der Waals surface area (Å²) in [6.07, 6.45) is 5.35. The van der Waals surface area contributed by atoms with Gasteiger partial charge in [0.25, 0.3) is 0 Å². The van der Waals surface area contributed by atoms with E-state index < -0.39 is 0 Å². The van der Waals surface area contributed by atoms with E-state index in [0.29, 0.717) is 0 Å². The maximum Gasteiger partial charge on any atom is 0.193 e. The second kappa shape index (κ2) is 5.06. The summed E-state index contributed by atoms with van der Waals surface area (Å²) in [7, 11) is 1.00. The number of fused-ring (bicyclic) bond motifs is 1. The lowest BCUT2D eigenvalue weighted by Gasteiger charge is -2.12. The molecule has 0 radical (unpaired) electrons. The predicted octanol–water partition coefficient (Wildman–Crippen LogP) is 2.70. The third-order valence-electron chi connectivity index (χ3n) is 2.82. The first-order chi connectivity index (χ1) is 8.33. The van der Waals surface area contributed by atoms with Crippen molar-refractivity contribution in [2.45, 2.75) is 19.6 Å². The van der Waals surface area contributed by atoms with E-state index in [1.54, 1.807) is 0 Å². The topological polar surface area (TPSA) is 41.5 Å². The Morgan fingerprint density at radius 1 is 1.24 bits per heavy atom. The number of aliphatic hydroxyl groups is 1. The Hall–Kier alpha value is -1.74. The van der Waals surface area contributed by atoms with Gasteiger partial charge in [-0.15, -0.1) is 0 Å². The third-order valence-corrected chi connectivity index (χ3v) is 2.82. The molecule has 0 amide bonds. The molecule has 1 aliphatic carbocycles. The van der Waals surface area contributed by atoms with Gasteiger partial charge in [-0.05, 0) is 31.1 Å². The minimum Gasteiger partial charge on any atom is -0.465 e. The molecular formula is C14H17NO2. The van der Waals surface area contributed by atoms with Gasteiger partial charge in [-0.3, -0.25) is 0 Å². The van der Waals surface area contributed by atoms with Gasteiger partial charge in [-0.2, -0.15) is 0 Å². The van der Waals surface area contributed by atoms with Gasteiger partial charge < -0.3 is 15.2 Å². The zero-order valence-electron chi connectivity index (χ0n) is 10.1. The first kappa shape index (κ1) is 11.7. The highest BCUT2D eigenvalue weighted by molar-refractivity contribution is 5.61. The second-order valence-corrected chi connectivity index (χ2v) is 4.07. The molecule has 0 saturated heterocycles. The van der Waals surface area contributed by atoms with Gasteiger partial charge in [-0.1, -0.05) is 29.9 Å². The molecule has 3 rings (SSSR count). The van der Waals surface area contributed by atoms with E-state index in [0.717, 1.165) is 25.0 Å². The summed E-state index contributed by atoms with van der Waals surface area (Å²) in [5, 5.41) is 10.4. The fourth-order valence-electron chi connectivity index (χ4n) is 2.02. The highest BCUT2D eigenvalue weighted by Crippen LogP contribution is 2.35. The van der Waals surface area contributed by atoms with Crippen molar-refractivity contribution in [3.8, 4) is 5.75 Å². The highest BCUT2D eigenvalue weighted by atomic mass is 16.5. The number of benzene rings is 1. The van der Waals surface area contributed by atoms with Gasteiger partial charge in [0.15, 0.2) is 6.23 Å². The molecule has 0 spiro atoms. The third kappa shape index (κ3) is 2.34. The SMILES string of the molecule is CC1=CC=C(C2Nc3ccccc3O2)C1.CO. The fourth-order valence-corrected chi connectivity index (χ4v) is 2.02. The van der Waals surface area contributed by atoms with Gasteiger partial charge in [-0.25, -0.2) is 0 Å². The average Bonchev–Trinajstić information content (AvgIpc) is 2.97. The summed E-state index contributed by atoms with van der Waals surface area (Å²) >= 11 is 0. The van der Waals surface area contributed by atoms with E-state index in [1.165, 1.54) is 11.1 Å². The van der Waals surface area contributed by atoms with E-state index in [4.69, 9.17) is 9.84 Å². The van der Waals surface area contributed by atoms with E-state index in [1.807, 2.05) is 24.3 Å². The number of ether oxygens (including phenoxy) is 1. The number of hydrogen-bond donors (Lipinski definition) is 2. The molecule has 1 aliphatic heterocycles. The van der Waals surface area contributed by atoms with Gasteiger partial charge >= 0.3 is 0 Å². The number of allylic oxidation sites excluding steroid dienone is 3. The molecule has 0 aromatic heterocycles. The van der Waals surface area contributed by atoms with Gasteiger partial charge in [0.05, 0.1) is 5.69 Å². The molecule has 2 N–H and O–H groups in total. The van der Waals surface area contributed by atoms with E-state index >= 15 is 0 Å². The number of rotatable bonds is 1. The van der Waals surface area contributed by atoms with Crippen LogP contribution in [0.1, 0.15) is 13.3 Å². The summed E-state index contributed by atoms with van der Waals surface area (Å²) in [4.78, 5) is 0. The molecule has 3 nitrogen and oxygen atoms in total. The molecule has 0 bridgehead atoms. The molecule has 1 atom stereocenters. The van der Waals surface area contributed by atoms with Crippen molar-refractivity contribution in [2.75, 3.05) is 12.4 Å². The van der Waals surface area contributed by atoms with Crippen molar-refractivity contribution in [3.63, 3.8) is 0 Å². The maximum absolute atomic E-state index is 7.00. The summed E-state index contributed by atoms with van der Waals surface area (Å²) in [6, 6.07) is 8.06. The Morgan fingerprint density at radius 2 is 2.00 bits per heavy atom. The van der Waals surface area contributed by atoms with Crippen LogP contribution in [0.2, 0.25) is 0 Å². The predicted molar refractivity (Wildman–Crippen MR) is 69.1 cm³/mol. The van der Waals surface area contributed by atoms with Gasteiger partial charge in [0.1, 0.15) is 5.75 Å². The molecule has 1 unspecified atom stereocenters. The molecule has 17 heavy (non-hydrogen) atoms. The van der Waals surface area contributed by atoms with Gasteiger partial charge in [0, 0.05) is 7.11 Å². The lowest BCUT2D eigenvalue weighted by molar-refractivity contribution is 0.287. The highest BCUT2D eigenvalue weighted by Gasteiger charge is 2.25. The first-order valence-electron chi connectivity index (χ1n) is 5.66. The van der Waals surface area contributed by atoms with Crippen molar-refractivity contribution in [1.29, 1.82) is 0 Å². The molecule has 2 aliphatic rings. The molecular weight excluding hydrogens is 214 g/mol. The summed E-state index contributed by atoms with van der Waals surface area (Å²) in [5.74, 6) is 0.952. The first-order valence-corrected chi connectivity index (χ1v) is 5.66. The van der Waals surface area contributed by atoms with Crippen LogP contribution in [0.5, 0.6) is 5.75 Å². The zero-order valence-corrected chi connectivity index (χ0v) is 10.1. The quantitative estimate of drug-likeness (QED) is 0.780. The van der Waals surface area contributed by atoms with Crippen molar-refractivity contribution < 1.29 is 9.84 Å². The zero-order chi connectivity index (χ0) is 12.3. The summed E-state index contributed by atoms with van der Waals surface area (Å²) in [5.41, 5.74) is 3.79. The summed E-state index contributed by atoms with van der Waals surface area (Å²) in [6.45, 7) is 2.14. The molecule has 1 aromatic rings. The van der Waals surface area contributed by atoms with Crippen LogP contribution in [0, 0.1) is 0 Å². The van der Waals surface area contributed by atoms with Crippen molar-refractivity contribution in [1.82, 2.24) is 0 Å². The smallest absolute Gasteiger partial charge is 0.193 e. The van der Waals surface area contributed by atoms with Crippen LogP contribution in [-0.2, 0) is 0 Å². The molecule has 0 fully saturated rings. The number of nitrogens with one attached hydrogen (secondary N) is 1. The Bertz CT molecular complexity index is 438. The lowest BCUT2D eigenvalue weighted by Crippen LogP contribution is -2.22. The van der Waals surface area contributed by atoms with Crippen LogP contribution >= 0.6 is 0 Å². The fraction of sp³-hybridized carbons (Fsp3) is 0.286. The largest absolute Gasteiger partial charge is 0.465 e. The van der Waals surface area contributed by atoms with Crippen molar-refractivity contribution in [3.05, 3.63) is 47.6 Å². The summed E-state index contributed by atoms with van der Waals surface area (Å²) < 4.78 is 5.83. The van der Waals surface area contributed by atoms with Crippen LogP contribution in [0.4, 0.5) is 5.69 Å². The maximum atomic E-state index is 7.00. The van der Waals surface area contributed by atoms with Crippen molar-refractivity contribution in [2.24, 2.45) is 0 Å². The Balaban J connectivity index is 0.000000514. The Morgan fingerprint density at radius 3 is 2.65 bits per heavy atom. The molecule has 1 aromatic carbocycles.